The molecule has 3 N–H and O–H groups in total. The molecule has 102 valence electrons. The van der Waals surface area contributed by atoms with Gasteiger partial charge in [-0.15, -0.1) is 11.3 Å². The average molecular weight is 275 g/mol. The van der Waals surface area contributed by atoms with Crippen molar-refractivity contribution in [2.45, 2.75) is 32.8 Å². The Morgan fingerprint density at radius 2 is 1.84 bits per heavy atom. The Balaban J connectivity index is 2.34. The number of aliphatic hydroxyl groups is 1. The van der Waals surface area contributed by atoms with E-state index >= 15 is 0 Å². The van der Waals surface area contributed by atoms with Gasteiger partial charge in [-0.1, -0.05) is 24.3 Å². The largest absolute Gasteiger partial charge is 0.387 e. The third-order valence-electron chi connectivity index (χ3n) is 3.70. The van der Waals surface area contributed by atoms with Crippen molar-refractivity contribution < 1.29 is 5.11 Å². The first kappa shape index (κ1) is 14.3. The summed E-state index contributed by atoms with van der Waals surface area (Å²) in [5.74, 6) is -0.0429. The maximum absolute atomic E-state index is 10.6. The summed E-state index contributed by atoms with van der Waals surface area (Å²) in [6, 6.07) is 10.2. The Bertz CT molecular complexity index is 542. The molecule has 2 rings (SSSR count). The maximum atomic E-state index is 10.6. The van der Waals surface area contributed by atoms with E-state index in [-0.39, 0.29) is 5.92 Å². The normalized spacial score (nSPS) is 14.4. The minimum atomic E-state index is -0.525. The van der Waals surface area contributed by atoms with Crippen LogP contribution >= 0.6 is 11.3 Å². The van der Waals surface area contributed by atoms with Crippen molar-refractivity contribution in [1.29, 1.82) is 0 Å². The Kier molecular flexibility index (Phi) is 4.40. The molecule has 0 aliphatic heterocycles. The summed E-state index contributed by atoms with van der Waals surface area (Å²) in [6.45, 7) is 6.67. The van der Waals surface area contributed by atoms with Crippen LogP contribution in [0.1, 0.15) is 38.5 Å². The first-order chi connectivity index (χ1) is 9.04. The van der Waals surface area contributed by atoms with E-state index in [4.69, 9.17) is 5.73 Å². The van der Waals surface area contributed by atoms with E-state index in [0.29, 0.717) is 6.54 Å². The number of thiophene rings is 1. The highest BCUT2D eigenvalue weighted by molar-refractivity contribution is 7.12. The second kappa shape index (κ2) is 5.87. The minimum absolute atomic E-state index is 0.0429. The highest BCUT2D eigenvalue weighted by Gasteiger charge is 2.24. The van der Waals surface area contributed by atoms with Crippen molar-refractivity contribution in [1.82, 2.24) is 0 Å². The van der Waals surface area contributed by atoms with Gasteiger partial charge in [-0.3, -0.25) is 0 Å². The number of aryl methyl sites for hydroxylation is 3. The van der Waals surface area contributed by atoms with Crippen molar-refractivity contribution in [3.05, 3.63) is 56.8 Å². The number of benzene rings is 1. The van der Waals surface area contributed by atoms with Crippen molar-refractivity contribution in [3.8, 4) is 0 Å². The molecular weight excluding hydrogens is 254 g/mol. The van der Waals surface area contributed by atoms with Crippen LogP contribution in [0, 0.1) is 20.8 Å². The number of nitrogens with two attached hydrogens (primary N) is 1. The van der Waals surface area contributed by atoms with Gasteiger partial charge in [0, 0.05) is 22.2 Å². The first-order valence-corrected chi connectivity index (χ1v) is 7.36. The molecular formula is C16H21NOS. The average Bonchev–Trinajstić information content (AvgIpc) is 2.73. The molecule has 19 heavy (non-hydrogen) atoms. The molecule has 0 amide bonds. The quantitative estimate of drug-likeness (QED) is 0.897. The van der Waals surface area contributed by atoms with E-state index in [1.165, 1.54) is 16.0 Å². The summed E-state index contributed by atoms with van der Waals surface area (Å²) >= 11 is 1.66. The number of hydrogen-bond donors (Lipinski definition) is 2. The summed E-state index contributed by atoms with van der Waals surface area (Å²) < 4.78 is 0. The van der Waals surface area contributed by atoms with E-state index in [2.05, 4.69) is 39.0 Å². The summed E-state index contributed by atoms with van der Waals surface area (Å²) in [6.07, 6.45) is -0.525. The summed E-state index contributed by atoms with van der Waals surface area (Å²) in [5.41, 5.74) is 9.46. The fourth-order valence-corrected chi connectivity index (χ4v) is 3.47. The van der Waals surface area contributed by atoms with E-state index < -0.39 is 6.10 Å². The molecule has 2 atom stereocenters. The Morgan fingerprint density at radius 3 is 2.37 bits per heavy atom. The predicted octanol–water partition coefficient (Wildman–Crippen LogP) is 3.45. The van der Waals surface area contributed by atoms with Crippen LogP contribution in [-0.2, 0) is 0 Å². The zero-order chi connectivity index (χ0) is 14.0. The van der Waals surface area contributed by atoms with Crippen molar-refractivity contribution in [2.75, 3.05) is 6.54 Å². The van der Waals surface area contributed by atoms with Gasteiger partial charge in [0.1, 0.15) is 0 Å². The van der Waals surface area contributed by atoms with E-state index in [1.54, 1.807) is 11.3 Å². The van der Waals surface area contributed by atoms with Crippen LogP contribution in [0.15, 0.2) is 30.3 Å². The van der Waals surface area contributed by atoms with E-state index in [0.717, 1.165) is 10.4 Å². The summed E-state index contributed by atoms with van der Waals surface area (Å²) in [5, 5.41) is 10.6. The van der Waals surface area contributed by atoms with Crippen LogP contribution < -0.4 is 5.73 Å². The van der Waals surface area contributed by atoms with Crippen molar-refractivity contribution in [2.24, 2.45) is 5.73 Å². The molecule has 2 nitrogen and oxygen atoms in total. The molecule has 0 saturated heterocycles. The lowest BCUT2D eigenvalue weighted by Gasteiger charge is -2.22. The monoisotopic (exact) mass is 275 g/mol. The van der Waals surface area contributed by atoms with Crippen molar-refractivity contribution >= 4 is 11.3 Å². The molecule has 0 aliphatic rings. The number of hydrogen-bond acceptors (Lipinski definition) is 3. The smallest absolute Gasteiger partial charge is 0.0962 e. The molecule has 0 saturated carbocycles. The fourth-order valence-electron chi connectivity index (χ4n) is 2.37. The molecule has 1 aromatic heterocycles. The second-order valence-corrected chi connectivity index (χ2v) is 6.32. The lowest BCUT2D eigenvalue weighted by Crippen LogP contribution is -2.20. The molecule has 0 aliphatic carbocycles. The summed E-state index contributed by atoms with van der Waals surface area (Å²) in [7, 11) is 0. The van der Waals surface area contributed by atoms with Gasteiger partial charge in [0.05, 0.1) is 6.10 Å². The highest BCUT2D eigenvalue weighted by Crippen LogP contribution is 2.36. The molecule has 0 radical (unpaired) electrons. The fraction of sp³-hybridized carbons (Fsp3) is 0.375. The van der Waals surface area contributed by atoms with E-state index in [9.17, 15) is 5.11 Å². The highest BCUT2D eigenvalue weighted by atomic mass is 32.1. The number of aliphatic hydroxyl groups excluding tert-OH is 1. The predicted molar refractivity (Wildman–Crippen MR) is 81.7 cm³/mol. The van der Waals surface area contributed by atoms with Gasteiger partial charge in [0.2, 0.25) is 0 Å². The van der Waals surface area contributed by atoms with Gasteiger partial charge in [0.15, 0.2) is 0 Å². The second-order valence-electron chi connectivity index (χ2n) is 5.03. The van der Waals surface area contributed by atoms with Crippen molar-refractivity contribution in [3.63, 3.8) is 0 Å². The van der Waals surface area contributed by atoms with Gasteiger partial charge in [-0.05, 0) is 43.5 Å². The van der Waals surface area contributed by atoms with Gasteiger partial charge in [0.25, 0.3) is 0 Å². The SMILES string of the molecule is Cc1ccccc1C(CN)C(O)c1cc(C)c(C)s1. The maximum Gasteiger partial charge on any atom is 0.0962 e. The lowest BCUT2D eigenvalue weighted by molar-refractivity contribution is 0.151. The zero-order valence-corrected chi connectivity index (χ0v) is 12.5. The number of rotatable bonds is 4. The first-order valence-electron chi connectivity index (χ1n) is 6.55. The lowest BCUT2D eigenvalue weighted by atomic mass is 9.89. The van der Waals surface area contributed by atoms with Gasteiger partial charge >= 0.3 is 0 Å². The minimum Gasteiger partial charge on any atom is -0.387 e. The molecule has 2 unspecified atom stereocenters. The molecule has 0 bridgehead atoms. The molecule has 1 aromatic carbocycles. The molecule has 2 aromatic rings. The Hall–Kier alpha value is -1.16. The third kappa shape index (κ3) is 2.89. The van der Waals surface area contributed by atoms with Gasteiger partial charge in [-0.25, -0.2) is 0 Å². The van der Waals surface area contributed by atoms with Crippen LogP contribution in [0.2, 0.25) is 0 Å². The van der Waals surface area contributed by atoms with Crippen LogP contribution in [0.5, 0.6) is 0 Å². The topological polar surface area (TPSA) is 46.2 Å². The summed E-state index contributed by atoms with van der Waals surface area (Å²) in [4.78, 5) is 2.27. The van der Waals surface area contributed by atoms with Crippen LogP contribution in [-0.4, -0.2) is 11.7 Å². The van der Waals surface area contributed by atoms with Crippen LogP contribution in [0.4, 0.5) is 0 Å². The standard InChI is InChI=1S/C16H21NOS/c1-10-6-4-5-7-13(10)14(9-17)16(18)15-8-11(2)12(3)19-15/h4-8,14,16,18H,9,17H2,1-3H3. The molecule has 0 spiro atoms. The Morgan fingerprint density at radius 1 is 1.16 bits per heavy atom. The molecule has 0 fully saturated rings. The molecule has 3 heteroatoms. The zero-order valence-electron chi connectivity index (χ0n) is 11.7. The Labute approximate surface area is 118 Å². The van der Waals surface area contributed by atoms with Gasteiger partial charge in [-0.2, -0.15) is 0 Å². The van der Waals surface area contributed by atoms with Gasteiger partial charge < -0.3 is 10.8 Å². The van der Waals surface area contributed by atoms with Crippen LogP contribution in [0.25, 0.3) is 0 Å². The van der Waals surface area contributed by atoms with E-state index in [1.807, 2.05) is 12.1 Å². The van der Waals surface area contributed by atoms with Crippen LogP contribution in [0.3, 0.4) is 0 Å². The third-order valence-corrected chi connectivity index (χ3v) is 4.92. The molecule has 1 heterocycles.